The molecule has 1 fully saturated rings. The molecular formula is C16H26N4O2. The molecule has 22 heavy (non-hydrogen) atoms. The Labute approximate surface area is 132 Å². The van der Waals surface area contributed by atoms with Gasteiger partial charge in [0.2, 0.25) is 5.91 Å². The van der Waals surface area contributed by atoms with Crippen LogP contribution >= 0.6 is 0 Å². The molecule has 0 aromatic carbocycles. The fourth-order valence-corrected chi connectivity index (χ4v) is 2.63. The predicted octanol–water partition coefficient (Wildman–Crippen LogP) is 1.32. The van der Waals surface area contributed by atoms with Gasteiger partial charge in [-0.05, 0) is 33.4 Å². The molecule has 0 saturated carbocycles. The van der Waals surface area contributed by atoms with E-state index >= 15 is 0 Å². The highest BCUT2D eigenvalue weighted by Crippen LogP contribution is 2.16. The van der Waals surface area contributed by atoms with Gasteiger partial charge in [0.1, 0.15) is 5.82 Å². The molecule has 2 heterocycles. The number of rotatable bonds is 7. The fraction of sp³-hybridized carbons (Fsp3) is 0.688. The molecule has 1 aromatic rings. The van der Waals surface area contributed by atoms with Gasteiger partial charge in [-0.15, -0.1) is 0 Å². The van der Waals surface area contributed by atoms with E-state index in [1.165, 1.54) is 0 Å². The third kappa shape index (κ3) is 5.03. The van der Waals surface area contributed by atoms with Crippen LogP contribution in [0.1, 0.15) is 32.5 Å². The van der Waals surface area contributed by atoms with E-state index in [0.717, 1.165) is 25.3 Å². The monoisotopic (exact) mass is 306 g/mol. The van der Waals surface area contributed by atoms with Gasteiger partial charge in [-0.25, -0.2) is 9.97 Å². The zero-order valence-electron chi connectivity index (χ0n) is 13.7. The van der Waals surface area contributed by atoms with Crippen molar-refractivity contribution in [2.45, 2.75) is 45.4 Å². The van der Waals surface area contributed by atoms with E-state index in [1.807, 2.05) is 24.8 Å². The van der Waals surface area contributed by atoms with Crippen molar-refractivity contribution in [2.75, 3.05) is 26.7 Å². The molecule has 1 atom stereocenters. The van der Waals surface area contributed by atoms with Crippen LogP contribution in [0.5, 0.6) is 0 Å². The summed E-state index contributed by atoms with van der Waals surface area (Å²) in [5.41, 5.74) is 0. The van der Waals surface area contributed by atoms with E-state index < -0.39 is 0 Å². The van der Waals surface area contributed by atoms with Crippen LogP contribution in [0.3, 0.4) is 0 Å². The molecule has 6 heteroatoms. The SMILES string of the molecule is CC(C)OCCC(=O)N1CC[C@@H](N(C)Cc2ncccn2)C1. The normalized spacial score (nSPS) is 18.4. The Kier molecular flexibility index (Phi) is 6.27. The maximum Gasteiger partial charge on any atom is 0.224 e. The third-order valence-electron chi connectivity index (χ3n) is 3.92. The fourth-order valence-electron chi connectivity index (χ4n) is 2.63. The number of hydrogen-bond donors (Lipinski definition) is 0. The summed E-state index contributed by atoms with van der Waals surface area (Å²) >= 11 is 0. The summed E-state index contributed by atoms with van der Waals surface area (Å²) < 4.78 is 5.45. The standard InChI is InChI=1S/C16H26N4O2/c1-13(2)22-10-6-16(21)20-9-5-14(11-20)19(3)12-15-17-7-4-8-18-15/h4,7-8,13-14H,5-6,9-12H2,1-3H3/t14-/m1/s1. The Bertz CT molecular complexity index is 466. The van der Waals surface area contributed by atoms with Gasteiger partial charge in [0.25, 0.3) is 0 Å². The van der Waals surface area contributed by atoms with E-state index in [0.29, 0.717) is 25.6 Å². The molecule has 122 valence electrons. The van der Waals surface area contributed by atoms with Gasteiger partial charge in [0, 0.05) is 31.5 Å². The van der Waals surface area contributed by atoms with E-state index in [1.54, 1.807) is 12.4 Å². The average Bonchev–Trinajstić information content (AvgIpc) is 2.98. The lowest BCUT2D eigenvalue weighted by molar-refractivity contribution is -0.131. The topological polar surface area (TPSA) is 58.6 Å². The number of nitrogens with zero attached hydrogens (tertiary/aromatic N) is 4. The highest BCUT2D eigenvalue weighted by molar-refractivity contribution is 5.76. The second-order valence-electron chi connectivity index (χ2n) is 6.03. The van der Waals surface area contributed by atoms with Crippen LogP contribution in [0.2, 0.25) is 0 Å². The first-order chi connectivity index (χ1) is 10.6. The maximum atomic E-state index is 12.2. The second-order valence-corrected chi connectivity index (χ2v) is 6.03. The first kappa shape index (κ1) is 16.8. The van der Waals surface area contributed by atoms with Gasteiger partial charge in [0.15, 0.2) is 0 Å². The van der Waals surface area contributed by atoms with Crippen molar-refractivity contribution in [1.29, 1.82) is 0 Å². The lowest BCUT2D eigenvalue weighted by Gasteiger charge is -2.24. The predicted molar refractivity (Wildman–Crippen MR) is 84.2 cm³/mol. The molecule has 1 aliphatic heterocycles. The molecule has 0 spiro atoms. The van der Waals surface area contributed by atoms with Crippen molar-refractivity contribution in [3.05, 3.63) is 24.3 Å². The number of aromatic nitrogens is 2. The summed E-state index contributed by atoms with van der Waals surface area (Å²) in [6.45, 7) is 6.79. The molecule has 6 nitrogen and oxygen atoms in total. The van der Waals surface area contributed by atoms with Crippen molar-refractivity contribution in [3.63, 3.8) is 0 Å². The van der Waals surface area contributed by atoms with E-state index in [-0.39, 0.29) is 12.0 Å². The van der Waals surface area contributed by atoms with Crippen molar-refractivity contribution in [1.82, 2.24) is 19.8 Å². The van der Waals surface area contributed by atoms with Gasteiger partial charge in [-0.2, -0.15) is 0 Å². The summed E-state index contributed by atoms with van der Waals surface area (Å²) in [6, 6.07) is 2.19. The highest BCUT2D eigenvalue weighted by atomic mass is 16.5. The van der Waals surface area contributed by atoms with Gasteiger partial charge < -0.3 is 9.64 Å². The largest absolute Gasteiger partial charge is 0.378 e. The molecule has 0 unspecified atom stereocenters. The molecule has 2 rings (SSSR count). The molecule has 0 radical (unpaired) electrons. The Morgan fingerprint density at radius 3 is 2.86 bits per heavy atom. The Morgan fingerprint density at radius 1 is 1.45 bits per heavy atom. The minimum Gasteiger partial charge on any atom is -0.378 e. The van der Waals surface area contributed by atoms with Crippen LogP contribution < -0.4 is 0 Å². The maximum absolute atomic E-state index is 12.2. The quantitative estimate of drug-likeness (QED) is 0.760. The van der Waals surface area contributed by atoms with Crippen LogP contribution in [-0.2, 0) is 16.1 Å². The number of likely N-dealkylation sites (tertiary alicyclic amines) is 1. The van der Waals surface area contributed by atoms with Gasteiger partial charge >= 0.3 is 0 Å². The molecule has 0 N–H and O–H groups in total. The molecule has 1 aromatic heterocycles. The Morgan fingerprint density at radius 2 is 2.18 bits per heavy atom. The second kappa shape index (κ2) is 8.19. The number of amides is 1. The van der Waals surface area contributed by atoms with E-state index in [9.17, 15) is 4.79 Å². The summed E-state index contributed by atoms with van der Waals surface area (Å²) in [7, 11) is 2.07. The lowest BCUT2D eigenvalue weighted by Crippen LogP contribution is -2.36. The van der Waals surface area contributed by atoms with E-state index in [2.05, 4.69) is 21.9 Å². The van der Waals surface area contributed by atoms with Gasteiger partial charge in [-0.1, -0.05) is 0 Å². The Hall–Kier alpha value is -1.53. The lowest BCUT2D eigenvalue weighted by atomic mass is 10.2. The third-order valence-corrected chi connectivity index (χ3v) is 3.92. The molecule has 1 saturated heterocycles. The first-order valence-corrected chi connectivity index (χ1v) is 7.91. The summed E-state index contributed by atoms with van der Waals surface area (Å²) in [4.78, 5) is 24.8. The van der Waals surface area contributed by atoms with Crippen LogP contribution in [0.15, 0.2) is 18.5 Å². The van der Waals surface area contributed by atoms with Crippen LogP contribution in [0.25, 0.3) is 0 Å². The number of carbonyl (C=O) groups excluding carboxylic acids is 1. The van der Waals surface area contributed by atoms with Crippen LogP contribution in [0, 0.1) is 0 Å². The Balaban J connectivity index is 1.75. The molecule has 0 aliphatic carbocycles. The average molecular weight is 306 g/mol. The zero-order valence-corrected chi connectivity index (χ0v) is 13.7. The summed E-state index contributed by atoms with van der Waals surface area (Å²) in [5, 5.41) is 0. The number of carbonyl (C=O) groups is 1. The number of likely N-dealkylation sites (N-methyl/N-ethyl adjacent to an activating group) is 1. The number of ether oxygens (including phenoxy) is 1. The minimum absolute atomic E-state index is 0.177. The van der Waals surface area contributed by atoms with Crippen molar-refractivity contribution in [2.24, 2.45) is 0 Å². The summed E-state index contributed by atoms with van der Waals surface area (Å²) in [6.07, 6.45) is 5.16. The molecule has 1 amide bonds. The van der Waals surface area contributed by atoms with Gasteiger partial charge in [0.05, 0.1) is 25.7 Å². The molecular weight excluding hydrogens is 280 g/mol. The minimum atomic E-state index is 0.177. The first-order valence-electron chi connectivity index (χ1n) is 7.91. The van der Waals surface area contributed by atoms with Crippen LogP contribution in [0.4, 0.5) is 0 Å². The van der Waals surface area contributed by atoms with Crippen molar-refractivity contribution < 1.29 is 9.53 Å². The smallest absolute Gasteiger partial charge is 0.224 e. The highest BCUT2D eigenvalue weighted by Gasteiger charge is 2.28. The van der Waals surface area contributed by atoms with Crippen LogP contribution in [-0.4, -0.2) is 64.6 Å². The van der Waals surface area contributed by atoms with E-state index in [4.69, 9.17) is 4.74 Å². The van der Waals surface area contributed by atoms with Gasteiger partial charge in [-0.3, -0.25) is 9.69 Å². The number of hydrogen-bond acceptors (Lipinski definition) is 5. The zero-order chi connectivity index (χ0) is 15.9. The molecule has 0 bridgehead atoms. The van der Waals surface area contributed by atoms with Crippen molar-refractivity contribution >= 4 is 5.91 Å². The molecule has 1 aliphatic rings. The summed E-state index contributed by atoms with van der Waals surface area (Å²) in [5.74, 6) is 1.01. The van der Waals surface area contributed by atoms with Crippen molar-refractivity contribution in [3.8, 4) is 0 Å².